The van der Waals surface area contributed by atoms with E-state index in [0.29, 0.717) is 11.9 Å². The van der Waals surface area contributed by atoms with Crippen LogP contribution in [0.25, 0.3) is 11.0 Å². The van der Waals surface area contributed by atoms with Crippen molar-refractivity contribution in [2.24, 2.45) is 0 Å². The molecule has 1 aliphatic heterocycles. The molecule has 102 valence electrons. The Balaban J connectivity index is 2.02. The molecule has 2 heterocycles. The number of halogens is 1. The lowest BCUT2D eigenvalue weighted by Crippen LogP contribution is -2.29. The molecule has 3 rings (SSSR count). The van der Waals surface area contributed by atoms with Gasteiger partial charge in [-0.15, -0.1) is 11.6 Å². The lowest BCUT2D eigenvalue weighted by molar-refractivity contribution is 0.282. The maximum Gasteiger partial charge on any atom is 0.124 e. The zero-order valence-corrected chi connectivity index (χ0v) is 12.3. The molecule has 1 fully saturated rings. The van der Waals surface area contributed by atoms with Gasteiger partial charge in [-0.3, -0.25) is 0 Å². The molecule has 4 heteroatoms. The first kappa shape index (κ1) is 12.9. The maximum atomic E-state index is 6.07. The van der Waals surface area contributed by atoms with Gasteiger partial charge in [0.1, 0.15) is 5.82 Å². The highest BCUT2D eigenvalue weighted by Crippen LogP contribution is 2.23. The number of fused-ring (bicyclic) bond motifs is 1. The van der Waals surface area contributed by atoms with Crippen molar-refractivity contribution in [1.82, 2.24) is 14.5 Å². The largest absolute Gasteiger partial charge is 0.325 e. The third-order valence-electron chi connectivity index (χ3n) is 4.17. The maximum absolute atomic E-state index is 6.07. The molecule has 0 saturated carbocycles. The summed E-state index contributed by atoms with van der Waals surface area (Å²) in [6.45, 7) is 4.32. The summed E-state index contributed by atoms with van der Waals surface area (Å²) in [6, 6.07) is 7.03. The van der Waals surface area contributed by atoms with Gasteiger partial charge in [0.05, 0.1) is 16.9 Å². The van der Waals surface area contributed by atoms with Gasteiger partial charge in [-0.25, -0.2) is 4.98 Å². The molecule has 19 heavy (non-hydrogen) atoms. The van der Waals surface area contributed by atoms with Crippen LogP contribution >= 0.6 is 11.6 Å². The highest BCUT2D eigenvalue weighted by Gasteiger charge is 2.23. The van der Waals surface area contributed by atoms with E-state index in [4.69, 9.17) is 11.6 Å². The number of likely N-dealkylation sites (N-methyl/N-ethyl adjacent to an activating group) is 1. The molecule has 0 radical (unpaired) electrons. The molecule has 0 N–H and O–H groups in total. The Morgan fingerprint density at radius 1 is 1.42 bits per heavy atom. The van der Waals surface area contributed by atoms with Gasteiger partial charge in [-0.05, 0) is 51.1 Å². The standard InChI is InChI=1S/C15H20ClN3/c1-11-5-6-13-14(8-11)19(15(9-16)17-13)10-12-4-3-7-18(12)2/h5-6,8,12H,3-4,7,9-10H2,1-2H3. The molecule has 1 aromatic heterocycles. The Bertz CT molecular complexity index is 590. The van der Waals surface area contributed by atoms with Crippen LogP contribution < -0.4 is 0 Å². The van der Waals surface area contributed by atoms with E-state index < -0.39 is 0 Å². The predicted molar refractivity (Wildman–Crippen MR) is 79.7 cm³/mol. The molecule has 1 atom stereocenters. The number of imidazole rings is 1. The van der Waals surface area contributed by atoms with Gasteiger partial charge in [0.25, 0.3) is 0 Å². The van der Waals surface area contributed by atoms with E-state index >= 15 is 0 Å². The van der Waals surface area contributed by atoms with Gasteiger partial charge in [0.15, 0.2) is 0 Å². The van der Waals surface area contributed by atoms with Crippen molar-refractivity contribution in [3.05, 3.63) is 29.6 Å². The minimum atomic E-state index is 0.476. The first-order valence-electron chi connectivity index (χ1n) is 6.91. The average Bonchev–Trinajstić information content (AvgIpc) is 2.95. The van der Waals surface area contributed by atoms with E-state index in [9.17, 15) is 0 Å². The summed E-state index contributed by atoms with van der Waals surface area (Å²) in [5.74, 6) is 1.46. The van der Waals surface area contributed by atoms with Crippen molar-refractivity contribution >= 4 is 22.6 Å². The third-order valence-corrected chi connectivity index (χ3v) is 4.41. The van der Waals surface area contributed by atoms with E-state index in [1.807, 2.05) is 0 Å². The van der Waals surface area contributed by atoms with Crippen LogP contribution in [0.4, 0.5) is 0 Å². The summed E-state index contributed by atoms with van der Waals surface area (Å²) >= 11 is 6.07. The zero-order valence-electron chi connectivity index (χ0n) is 11.6. The predicted octanol–water partition coefficient (Wildman–Crippen LogP) is 3.18. The highest BCUT2D eigenvalue weighted by molar-refractivity contribution is 6.16. The Labute approximate surface area is 119 Å². The minimum Gasteiger partial charge on any atom is -0.325 e. The summed E-state index contributed by atoms with van der Waals surface area (Å²) in [6.07, 6.45) is 2.56. The fourth-order valence-electron chi connectivity index (χ4n) is 3.01. The zero-order chi connectivity index (χ0) is 13.4. The number of rotatable bonds is 3. The second kappa shape index (κ2) is 5.14. The summed E-state index contributed by atoms with van der Waals surface area (Å²) < 4.78 is 2.31. The first-order valence-corrected chi connectivity index (χ1v) is 7.44. The van der Waals surface area contributed by atoms with Crippen LogP contribution in [0.5, 0.6) is 0 Å². The van der Waals surface area contributed by atoms with Crippen molar-refractivity contribution in [1.29, 1.82) is 0 Å². The average molecular weight is 278 g/mol. The van der Waals surface area contributed by atoms with E-state index in [-0.39, 0.29) is 0 Å². The lowest BCUT2D eigenvalue weighted by atomic mass is 10.2. The van der Waals surface area contributed by atoms with Crippen LogP contribution in [0.15, 0.2) is 18.2 Å². The molecule has 0 bridgehead atoms. The fourth-order valence-corrected chi connectivity index (χ4v) is 3.21. The van der Waals surface area contributed by atoms with Crippen molar-refractivity contribution in [3.63, 3.8) is 0 Å². The number of hydrogen-bond donors (Lipinski definition) is 0. The second-order valence-electron chi connectivity index (χ2n) is 5.54. The SMILES string of the molecule is Cc1ccc2nc(CCl)n(CC3CCCN3C)c2c1. The van der Waals surface area contributed by atoms with Gasteiger partial charge in [-0.1, -0.05) is 6.07 Å². The molecule has 1 aromatic carbocycles. The number of hydrogen-bond acceptors (Lipinski definition) is 2. The molecule has 1 unspecified atom stereocenters. The number of aryl methyl sites for hydroxylation is 1. The quantitative estimate of drug-likeness (QED) is 0.804. The topological polar surface area (TPSA) is 21.1 Å². The molecular weight excluding hydrogens is 258 g/mol. The molecule has 1 saturated heterocycles. The molecule has 3 nitrogen and oxygen atoms in total. The monoisotopic (exact) mass is 277 g/mol. The molecule has 0 spiro atoms. The number of benzene rings is 1. The van der Waals surface area contributed by atoms with Crippen LogP contribution in [0, 0.1) is 6.92 Å². The molecular formula is C15H20ClN3. The van der Waals surface area contributed by atoms with Crippen LogP contribution in [-0.4, -0.2) is 34.1 Å². The minimum absolute atomic E-state index is 0.476. The Hall–Kier alpha value is -1.06. The van der Waals surface area contributed by atoms with Gasteiger partial charge in [0, 0.05) is 12.6 Å². The van der Waals surface area contributed by atoms with Crippen molar-refractivity contribution in [2.45, 2.75) is 38.2 Å². The third kappa shape index (κ3) is 2.37. The highest BCUT2D eigenvalue weighted by atomic mass is 35.5. The van der Waals surface area contributed by atoms with E-state index in [1.54, 1.807) is 0 Å². The fraction of sp³-hybridized carbons (Fsp3) is 0.533. The van der Waals surface area contributed by atoms with Crippen LogP contribution in [0.3, 0.4) is 0 Å². The lowest BCUT2D eigenvalue weighted by Gasteiger charge is -2.21. The number of alkyl halides is 1. The Kier molecular flexibility index (Phi) is 3.50. The summed E-state index contributed by atoms with van der Waals surface area (Å²) in [7, 11) is 2.21. The van der Waals surface area contributed by atoms with Gasteiger partial charge < -0.3 is 9.47 Å². The summed E-state index contributed by atoms with van der Waals surface area (Å²) in [5.41, 5.74) is 3.55. The van der Waals surface area contributed by atoms with Crippen LogP contribution in [0.1, 0.15) is 24.2 Å². The second-order valence-corrected chi connectivity index (χ2v) is 5.81. The summed E-state index contributed by atoms with van der Waals surface area (Å²) in [4.78, 5) is 7.10. The van der Waals surface area contributed by atoms with Crippen LogP contribution in [0.2, 0.25) is 0 Å². The molecule has 2 aromatic rings. The molecule has 0 aliphatic carbocycles. The van der Waals surface area contributed by atoms with Crippen LogP contribution in [-0.2, 0) is 12.4 Å². The van der Waals surface area contributed by atoms with Gasteiger partial charge in [0.2, 0.25) is 0 Å². The van der Waals surface area contributed by atoms with Gasteiger partial charge >= 0.3 is 0 Å². The van der Waals surface area contributed by atoms with E-state index in [2.05, 4.69) is 46.6 Å². The van der Waals surface area contributed by atoms with E-state index in [1.165, 1.54) is 30.5 Å². The van der Waals surface area contributed by atoms with Gasteiger partial charge in [-0.2, -0.15) is 0 Å². The number of nitrogens with zero attached hydrogens (tertiary/aromatic N) is 3. The Morgan fingerprint density at radius 2 is 2.26 bits per heavy atom. The summed E-state index contributed by atoms with van der Waals surface area (Å²) in [5, 5.41) is 0. The Morgan fingerprint density at radius 3 is 2.95 bits per heavy atom. The normalized spacial score (nSPS) is 20.5. The number of aromatic nitrogens is 2. The number of likely N-dealkylation sites (tertiary alicyclic amines) is 1. The van der Waals surface area contributed by atoms with E-state index in [0.717, 1.165) is 17.9 Å². The van der Waals surface area contributed by atoms with Crippen molar-refractivity contribution in [3.8, 4) is 0 Å². The smallest absolute Gasteiger partial charge is 0.124 e. The van der Waals surface area contributed by atoms with Crippen molar-refractivity contribution < 1.29 is 0 Å². The first-order chi connectivity index (χ1) is 9.19. The molecule has 1 aliphatic rings. The molecule has 0 amide bonds. The van der Waals surface area contributed by atoms with Crippen molar-refractivity contribution in [2.75, 3.05) is 13.6 Å².